The third kappa shape index (κ3) is 2.74. The maximum Gasteiger partial charge on any atom is 0.0632 e. The van der Waals surface area contributed by atoms with Crippen molar-refractivity contribution >= 4 is 0 Å². The highest BCUT2D eigenvalue weighted by atomic mass is 16.3. The van der Waals surface area contributed by atoms with Crippen molar-refractivity contribution in [2.75, 3.05) is 0 Å². The molecule has 4 fully saturated rings. The minimum Gasteiger partial charge on any atom is -0.393 e. The molecule has 0 aromatic heterocycles. The summed E-state index contributed by atoms with van der Waals surface area (Å²) < 4.78 is 0. The van der Waals surface area contributed by atoms with Crippen molar-refractivity contribution in [3.63, 3.8) is 0 Å². The number of hydrogen-bond acceptors (Lipinski definition) is 3. The van der Waals surface area contributed by atoms with Crippen LogP contribution < -0.4 is 0 Å². The number of aliphatic hydroxyl groups excluding tert-OH is 3. The maximum absolute atomic E-state index is 11.7. The molecule has 0 unspecified atom stereocenters. The lowest BCUT2D eigenvalue weighted by atomic mass is 9.33. The van der Waals surface area contributed by atoms with Gasteiger partial charge < -0.3 is 15.3 Å². The van der Waals surface area contributed by atoms with Crippen molar-refractivity contribution in [1.82, 2.24) is 0 Å². The lowest BCUT2D eigenvalue weighted by molar-refractivity contribution is -0.227. The van der Waals surface area contributed by atoms with Crippen LogP contribution in [0, 0.1) is 56.7 Å². The first-order valence-corrected chi connectivity index (χ1v) is 13.9. The first kappa shape index (κ1) is 24.3. The van der Waals surface area contributed by atoms with Crippen LogP contribution in [-0.2, 0) is 0 Å². The van der Waals surface area contributed by atoms with Gasteiger partial charge in [-0.1, -0.05) is 67.0 Å². The Hall–Kier alpha value is -0.380. The van der Waals surface area contributed by atoms with Crippen molar-refractivity contribution in [2.45, 2.75) is 119 Å². The molecule has 0 bridgehead atoms. The Bertz CT molecular complexity index is 847. The average molecular weight is 459 g/mol. The molecule has 0 spiro atoms. The molecule has 4 saturated carbocycles. The van der Waals surface area contributed by atoms with E-state index >= 15 is 0 Å². The average Bonchev–Trinajstić information content (AvgIpc) is 2.71. The van der Waals surface area contributed by atoms with Gasteiger partial charge in [0.05, 0.1) is 18.3 Å². The second-order valence-corrected chi connectivity index (χ2v) is 14.8. The van der Waals surface area contributed by atoms with Gasteiger partial charge in [0.1, 0.15) is 0 Å². The van der Waals surface area contributed by atoms with Crippen LogP contribution >= 0.6 is 0 Å². The van der Waals surface area contributed by atoms with Crippen molar-refractivity contribution in [3.8, 4) is 0 Å². The number of hydrogen-bond donors (Lipinski definition) is 3. The van der Waals surface area contributed by atoms with E-state index < -0.39 is 17.6 Å². The Morgan fingerprint density at radius 2 is 1.48 bits per heavy atom. The van der Waals surface area contributed by atoms with Crippen LogP contribution in [0.1, 0.15) is 100 Å². The van der Waals surface area contributed by atoms with Crippen molar-refractivity contribution in [2.24, 2.45) is 56.7 Å². The van der Waals surface area contributed by atoms with E-state index in [9.17, 15) is 15.3 Å². The predicted molar refractivity (Wildman–Crippen MR) is 133 cm³/mol. The normalized spacial score (nSPS) is 60.0. The van der Waals surface area contributed by atoms with E-state index in [0.29, 0.717) is 23.7 Å². The van der Waals surface area contributed by atoms with Gasteiger partial charge in [0.25, 0.3) is 0 Å². The SMILES string of the molecule is C[C@H]1[C@H](C)C[C@@H](O)[C@@]2(C)[C@@H]1C1=CC[C@@H]3[C@@]4(C)CC[C@H](O)C(C)(C)[C@H]4CC[C@@]3(C)[C@]1(C)C[C@@H]2O. The zero-order valence-corrected chi connectivity index (χ0v) is 22.5. The molecule has 12 atom stereocenters. The van der Waals surface area contributed by atoms with E-state index in [2.05, 4.69) is 61.5 Å². The molecule has 5 aliphatic carbocycles. The summed E-state index contributed by atoms with van der Waals surface area (Å²) in [4.78, 5) is 0. The minimum absolute atomic E-state index is 0.0404. The molecular formula is C30H50O3. The van der Waals surface area contributed by atoms with E-state index in [1.807, 2.05) is 0 Å². The van der Waals surface area contributed by atoms with Gasteiger partial charge in [-0.05, 0) is 96.2 Å². The molecule has 0 aromatic carbocycles. The van der Waals surface area contributed by atoms with Crippen LogP contribution in [0.2, 0.25) is 0 Å². The zero-order chi connectivity index (χ0) is 24.4. The molecule has 188 valence electrons. The maximum atomic E-state index is 11.7. The van der Waals surface area contributed by atoms with Crippen LogP contribution in [0.25, 0.3) is 0 Å². The number of rotatable bonds is 0. The van der Waals surface area contributed by atoms with Crippen LogP contribution in [0.5, 0.6) is 0 Å². The highest BCUT2D eigenvalue weighted by Crippen LogP contribution is 2.75. The van der Waals surface area contributed by atoms with E-state index in [1.165, 1.54) is 12.8 Å². The van der Waals surface area contributed by atoms with Gasteiger partial charge in [-0.15, -0.1) is 0 Å². The molecular weight excluding hydrogens is 408 g/mol. The Kier molecular flexibility index (Phi) is 5.23. The smallest absolute Gasteiger partial charge is 0.0632 e. The second kappa shape index (κ2) is 7.10. The lowest BCUT2D eigenvalue weighted by Crippen LogP contribution is -2.68. The minimum atomic E-state index is -0.472. The molecule has 0 amide bonds. The third-order valence-corrected chi connectivity index (χ3v) is 13.6. The Morgan fingerprint density at radius 1 is 0.818 bits per heavy atom. The predicted octanol–water partition coefficient (Wildman–Crippen LogP) is 5.97. The second-order valence-electron chi connectivity index (χ2n) is 14.8. The van der Waals surface area contributed by atoms with Crippen LogP contribution in [-0.4, -0.2) is 33.6 Å². The molecule has 0 aromatic rings. The monoisotopic (exact) mass is 458 g/mol. The van der Waals surface area contributed by atoms with Gasteiger partial charge in [-0.25, -0.2) is 0 Å². The van der Waals surface area contributed by atoms with Crippen LogP contribution in [0.3, 0.4) is 0 Å². The summed E-state index contributed by atoms with van der Waals surface area (Å²) in [5.74, 6) is 2.29. The fraction of sp³-hybridized carbons (Fsp3) is 0.933. The van der Waals surface area contributed by atoms with Crippen LogP contribution in [0.15, 0.2) is 11.6 Å². The number of aliphatic hydroxyl groups is 3. The van der Waals surface area contributed by atoms with Crippen LogP contribution in [0.4, 0.5) is 0 Å². The molecule has 5 rings (SSSR count). The number of allylic oxidation sites excluding steroid dienone is 2. The van der Waals surface area contributed by atoms with E-state index in [0.717, 1.165) is 32.1 Å². The molecule has 3 nitrogen and oxygen atoms in total. The molecule has 0 heterocycles. The Labute approximate surface area is 202 Å². The first-order chi connectivity index (χ1) is 15.2. The van der Waals surface area contributed by atoms with Gasteiger partial charge in [0, 0.05) is 5.41 Å². The first-order valence-electron chi connectivity index (χ1n) is 13.9. The van der Waals surface area contributed by atoms with Crippen molar-refractivity contribution in [1.29, 1.82) is 0 Å². The summed E-state index contributed by atoms with van der Waals surface area (Å²) >= 11 is 0. The highest BCUT2D eigenvalue weighted by molar-refractivity contribution is 5.35. The zero-order valence-electron chi connectivity index (χ0n) is 22.5. The van der Waals surface area contributed by atoms with Crippen molar-refractivity contribution < 1.29 is 15.3 Å². The summed E-state index contributed by atoms with van der Waals surface area (Å²) in [6.07, 6.45) is 8.52. The fourth-order valence-electron chi connectivity index (χ4n) is 10.9. The van der Waals surface area contributed by atoms with E-state index in [1.54, 1.807) is 5.57 Å². The molecule has 0 radical (unpaired) electrons. The quantitative estimate of drug-likeness (QED) is 0.392. The molecule has 0 saturated heterocycles. The highest BCUT2D eigenvalue weighted by Gasteiger charge is 2.70. The van der Waals surface area contributed by atoms with E-state index in [-0.39, 0.29) is 33.7 Å². The Balaban J connectivity index is 1.63. The summed E-state index contributed by atoms with van der Waals surface area (Å²) in [5.41, 5.74) is 1.38. The lowest BCUT2D eigenvalue weighted by Gasteiger charge is -2.72. The molecule has 3 N–H and O–H groups in total. The molecule has 33 heavy (non-hydrogen) atoms. The van der Waals surface area contributed by atoms with Gasteiger partial charge in [-0.3, -0.25) is 0 Å². The molecule has 3 heteroatoms. The summed E-state index contributed by atoms with van der Waals surface area (Å²) in [7, 11) is 0. The molecule has 0 aliphatic heterocycles. The summed E-state index contributed by atoms with van der Waals surface area (Å²) in [6.45, 7) is 19.0. The molecule has 5 aliphatic rings. The van der Waals surface area contributed by atoms with Gasteiger partial charge in [0.15, 0.2) is 0 Å². The third-order valence-electron chi connectivity index (χ3n) is 13.6. The largest absolute Gasteiger partial charge is 0.393 e. The summed E-state index contributed by atoms with van der Waals surface area (Å²) in [5, 5.41) is 33.9. The number of fused-ring (bicyclic) bond motifs is 7. The standard InChI is InChI=1S/C30H50O3/c1-17-15-23(32)30(8)24(33)16-29(7)19(25(30)18(17)2)9-10-21-27(5)13-12-22(31)26(3,4)20(27)11-14-28(21,29)6/h9,17-18,20-25,31-33H,10-16H2,1-8H3/t17-,18+,20-,21-,22+,23-,24+,25+,27+,28-,29-,30-/m1/s1. The topological polar surface area (TPSA) is 60.7 Å². The fourth-order valence-corrected chi connectivity index (χ4v) is 10.9. The van der Waals surface area contributed by atoms with Crippen molar-refractivity contribution in [3.05, 3.63) is 11.6 Å². The van der Waals surface area contributed by atoms with Gasteiger partial charge >= 0.3 is 0 Å². The summed E-state index contributed by atoms with van der Waals surface area (Å²) in [6, 6.07) is 0. The van der Waals surface area contributed by atoms with Gasteiger partial charge in [-0.2, -0.15) is 0 Å². The van der Waals surface area contributed by atoms with E-state index in [4.69, 9.17) is 0 Å². The van der Waals surface area contributed by atoms with Gasteiger partial charge in [0.2, 0.25) is 0 Å². The Morgan fingerprint density at radius 3 is 2.15 bits per heavy atom.